The second-order valence-corrected chi connectivity index (χ2v) is 4.78. The maximum atomic E-state index is 8.73. The molecule has 1 atom stereocenters. The number of likely N-dealkylation sites (N-methyl/N-ethyl adjacent to an activating group) is 1. The number of hydrogen-bond donors (Lipinski definition) is 2. The van der Waals surface area contributed by atoms with Crippen molar-refractivity contribution in [1.29, 1.82) is 0 Å². The van der Waals surface area contributed by atoms with Crippen LogP contribution in [0.25, 0.3) is 0 Å². The van der Waals surface area contributed by atoms with E-state index in [1.54, 1.807) is 18.3 Å². The van der Waals surface area contributed by atoms with Gasteiger partial charge in [-0.3, -0.25) is 0 Å². The predicted molar refractivity (Wildman–Crippen MR) is 72.5 cm³/mol. The first-order valence-electron chi connectivity index (χ1n) is 6.48. The number of ether oxygens (including phenoxy) is 1. The van der Waals surface area contributed by atoms with Crippen LogP contribution in [0.5, 0.6) is 5.75 Å². The van der Waals surface area contributed by atoms with Gasteiger partial charge in [0.2, 0.25) is 0 Å². The second kappa shape index (κ2) is 6.38. The Morgan fingerprint density at radius 3 is 3.21 bits per heavy atom. The minimum atomic E-state index is -0.0346. The Kier molecular flexibility index (Phi) is 4.57. The van der Waals surface area contributed by atoms with Crippen LogP contribution in [-0.4, -0.2) is 47.2 Å². The average molecular weight is 264 g/mol. The molecule has 1 unspecified atom stereocenters. The number of rotatable bonds is 4. The second-order valence-electron chi connectivity index (χ2n) is 4.78. The molecule has 1 saturated heterocycles. The topological polar surface area (TPSA) is 84.0 Å². The van der Waals surface area contributed by atoms with E-state index in [0.717, 1.165) is 13.0 Å². The van der Waals surface area contributed by atoms with Crippen LogP contribution in [-0.2, 0) is 0 Å². The fraction of sp³-hybridized carbons (Fsp3) is 0.538. The summed E-state index contributed by atoms with van der Waals surface area (Å²) in [4.78, 5) is 6.39. The highest BCUT2D eigenvalue weighted by atomic mass is 16.5. The smallest absolute Gasteiger partial charge is 0.192 e. The average Bonchev–Trinajstić information content (AvgIpc) is 2.46. The molecule has 0 bridgehead atoms. The molecule has 1 aromatic heterocycles. The maximum Gasteiger partial charge on any atom is 0.192 e. The zero-order valence-electron chi connectivity index (χ0n) is 11.1. The third kappa shape index (κ3) is 3.35. The van der Waals surface area contributed by atoms with Crippen molar-refractivity contribution in [2.24, 2.45) is 10.9 Å². The molecule has 1 aliphatic rings. The van der Waals surface area contributed by atoms with E-state index >= 15 is 0 Å². The first-order valence-corrected chi connectivity index (χ1v) is 6.48. The highest BCUT2D eigenvalue weighted by Crippen LogP contribution is 2.19. The van der Waals surface area contributed by atoms with E-state index < -0.39 is 0 Å². The van der Waals surface area contributed by atoms with E-state index in [0.29, 0.717) is 24.1 Å². The summed E-state index contributed by atoms with van der Waals surface area (Å²) in [5.74, 6) is 0.518. The molecule has 6 heteroatoms. The minimum absolute atomic E-state index is 0.0346. The van der Waals surface area contributed by atoms with E-state index in [-0.39, 0.29) is 5.84 Å². The molecular weight excluding hydrogens is 244 g/mol. The van der Waals surface area contributed by atoms with E-state index in [2.05, 4.69) is 22.1 Å². The van der Waals surface area contributed by atoms with Gasteiger partial charge in [-0.05, 0) is 38.6 Å². The number of aromatic nitrogens is 1. The molecule has 0 spiro atoms. The third-order valence-electron chi connectivity index (χ3n) is 3.47. The van der Waals surface area contributed by atoms with E-state index in [9.17, 15) is 0 Å². The SMILES string of the molecule is CN1CCCCC1COc1cccnc1/C(N)=N/O. The lowest BCUT2D eigenvalue weighted by atomic mass is 10.0. The van der Waals surface area contributed by atoms with Crippen LogP contribution in [0.4, 0.5) is 0 Å². The molecule has 0 amide bonds. The van der Waals surface area contributed by atoms with Gasteiger partial charge < -0.3 is 20.6 Å². The van der Waals surface area contributed by atoms with Crippen molar-refractivity contribution in [1.82, 2.24) is 9.88 Å². The summed E-state index contributed by atoms with van der Waals surface area (Å²) in [5, 5.41) is 11.7. The number of oxime groups is 1. The Labute approximate surface area is 112 Å². The first kappa shape index (κ1) is 13.6. The van der Waals surface area contributed by atoms with Crippen LogP contribution >= 0.6 is 0 Å². The molecule has 3 N–H and O–H groups in total. The lowest BCUT2D eigenvalue weighted by molar-refractivity contribution is 0.125. The normalized spacial score (nSPS) is 21.3. The zero-order valence-corrected chi connectivity index (χ0v) is 11.1. The molecule has 2 heterocycles. The molecule has 2 rings (SSSR count). The van der Waals surface area contributed by atoms with Gasteiger partial charge in [-0.1, -0.05) is 11.6 Å². The molecule has 1 fully saturated rings. The monoisotopic (exact) mass is 264 g/mol. The van der Waals surface area contributed by atoms with Gasteiger partial charge in [-0.15, -0.1) is 0 Å². The Bertz CT molecular complexity index is 450. The van der Waals surface area contributed by atoms with E-state index in [4.69, 9.17) is 15.7 Å². The summed E-state index contributed by atoms with van der Waals surface area (Å²) in [6, 6.07) is 3.96. The van der Waals surface area contributed by atoms with Crippen LogP contribution in [0.2, 0.25) is 0 Å². The van der Waals surface area contributed by atoms with Crippen molar-refractivity contribution >= 4 is 5.84 Å². The van der Waals surface area contributed by atoms with Crippen molar-refractivity contribution in [3.8, 4) is 5.75 Å². The Morgan fingerprint density at radius 1 is 1.63 bits per heavy atom. The lowest BCUT2D eigenvalue weighted by Gasteiger charge is -2.32. The number of amidine groups is 1. The predicted octanol–water partition coefficient (Wildman–Crippen LogP) is 1.04. The third-order valence-corrected chi connectivity index (χ3v) is 3.47. The van der Waals surface area contributed by atoms with Crippen LogP contribution in [0.1, 0.15) is 25.0 Å². The highest BCUT2D eigenvalue weighted by molar-refractivity contribution is 5.97. The van der Waals surface area contributed by atoms with Crippen molar-refractivity contribution in [2.45, 2.75) is 25.3 Å². The fourth-order valence-corrected chi connectivity index (χ4v) is 2.29. The van der Waals surface area contributed by atoms with Gasteiger partial charge in [0.05, 0.1) is 0 Å². The van der Waals surface area contributed by atoms with Crippen LogP contribution < -0.4 is 10.5 Å². The van der Waals surface area contributed by atoms with Crippen molar-refractivity contribution in [3.63, 3.8) is 0 Å². The van der Waals surface area contributed by atoms with Crippen molar-refractivity contribution in [2.75, 3.05) is 20.2 Å². The van der Waals surface area contributed by atoms with Crippen LogP contribution in [0.3, 0.4) is 0 Å². The van der Waals surface area contributed by atoms with E-state index in [1.807, 2.05) is 0 Å². The van der Waals surface area contributed by atoms with Crippen LogP contribution in [0.15, 0.2) is 23.5 Å². The minimum Gasteiger partial charge on any atom is -0.490 e. The molecule has 6 nitrogen and oxygen atoms in total. The van der Waals surface area contributed by atoms with Gasteiger partial charge in [0.15, 0.2) is 11.5 Å². The quantitative estimate of drug-likeness (QED) is 0.367. The van der Waals surface area contributed by atoms with Gasteiger partial charge in [0.1, 0.15) is 12.4 Å². The molecular formula is C13H20N4O2. The summed E-state index contributed by atoms with van der Waals surface area (Å²) in [6.45, 7) is 1.70. The summed E-state index contributed by atoms with van der Waals surface area (Å²) >= 11 is 0. The Balaban J connectivity index is 2.03. The van der Waals surface area contributed by atoms with Gasteiger partial charge in [-0.25, -0.2) is 4.98 Å². The molecule has 1 aromatic rings. The zero-order chi connectivity index (χ0) is 13.7. The Hall–Kier alpha value is -1.82. The molecule has 0 saturated carbocycles. The lowest BCUT2D eigenvalue weighted by Crippen LogP contribution is -2.40. The number of nitrogens with zero attached hydrogens (tertiary/aromatic N) is 3. The number of pyridine rings is 1. The number of hydrogen-bond acceptors (Lipinski definition) is 5. The molecule has 0 aromatic carbocycles. The first-order chi connectivity index (χ1) is 9.22. The summed E-state index contributed by atoms with van der Waals surface area (Å²) in [7, 11) is 2.11. The molecule has 1 aliphatic heterocycles. The number of piperidine rings is 1. The summed E-state index contributed by atoms with van der Waals surface area (Å²) in [6.07, 6.45) is 5.20. The van der Waals surface area contributed by atoms with Gasteiger partial charge >= 0.3 is 0 Å². The van der Waals surface area contributed by atoms with Crippen molar-refractivity contribution in [3.05, 3.63) is 24.0 Å². The molecule has 0 radical (unpaired) electrons. The molecule has 19 heavy (non-hydrogen) atoms. The van der Waals surface area contributed by atoms with Gasteiger partial charge in [-0.2, -0.15) is 0 Å². The van der Waals surface area contributed by atoms with Crippen LogP contribution in [0, 0.1) is 0 Å². The van der Waals surface area contributed by atoms with Gasteiger partial charge in [0, 0.05) is 12.2 Å². The fourth-order valence-electron chi connectivity index (χ4n) is 2.29. The summed E-state index contributed by atoms with van der Waals surface area (Å²) in [5.41, 5.74) is 5.96. The van der Waals surface area contributed by atoms with E-state index in [1.165, 1.54) is 12.8 Å². The molecule has 0 aliphatic carbocycles. The number of likely N-dealkylation sites (tertiary alicyclic amines) is 1. The Morgan fingerprint density at radius 2 is 2.47 bits per heavy atom. The highest BCUT2D eigenvalue weighted by Gasteiger charge is 2.20. The largest absolute Gasteiger partial charge is 0.490 e. The number of nitrogens with two attached hydrogens (primary N) is 1. The summed E-state index contributed by atoms with van der Waals surface area (Å²) < 4.78 is 5.79. The van der Waals surface area contributed by atoms with Crippen molar-refractivity contribution < 1.29 is 9.94 Å². The standard InChI is InChI=1S/C13H20N4O2/c1-17-8-3-2-5-10(17)9-19-11-6-4-7-15-12(11)13(14)16-18/h4,6-7,10,18H,2-3,5,8-9H2,1H3,(H2,14,16). The van der Waals surface area contributed by atoms with Gasteiger partial charge in [0.25, 0.3) is 0 Å². The molecule has 104 valence electrons. The maximum absolute atomic E-state index is 8.73.